The normalized spacial score (nSPS) is 20.9. The van der Waals surface area contributed by atoms with Crippen LogP contribution in [0.2, 0.25) is 0 Å². The molecule has 2 amide bonds. The molecule has 0 aliphatic carbocycles. The summed E-state index contributed by atoms with van der Waals surface area (Å²) < 4.78 is 0. The molecule has 1 fully saturated rings. The lowest BCUT2D eigenvalue weighted by Gasteiger charge is -2.20. The Balaban J connectivity index is 2.53. The van der Waals surface area contributed by atoms with Gasteiger partial charge in [-0.1, -0.05) is 6.08 Å². The summed E-state index contributed by atoms with van der Waals surface area (Å²) in [5.74, 6) is -0.532. The highest BCUT2D eigenvalue weighted by Gasteiger charge is 2.31. The van der Waals surface area contributed by atoms with Crippen molar-refractivity contribution < 1.29 is 9.59 Å². The van der Waals surface area contributed by atoms with Gasteiger partial charge in [0, 0.05) is 19.2 Å². The van der Waals surface area contributed by atoms with Crippen LogP contribution in [0.5, 0.6) is 0 Å². The Kier molecular flexibility index (Phi) is 4.49. The monoisotopic (exact) mass is 225 g/mol. The van der Waals surface area contributed by atoms with Crippen molar-refractivity contribution in [3.63, 3.8) is 0 Å². The number of hydrogen-bond donors (Lipinski definition) is 1. The maximum Gasteiger partial charge on any atom is 0.246 e. The molecule has 5 nitrogen and oxygen atoms in total. The second-order valence-electron chi connectivity index (χ2n) is 4.26. The molecule has 16 heavy (non-hydrogen) atoms. The fraction of sp³-hybridized carbons (Fsp3) is 0.636. The third-order valence-electron chi connectivity index (χ3n) is 2.60. The second-order valence-corrected chi connectivity index (χ2v) is 4.26. The molecular formula is C11H19N3O2. The van der Waals surface area contributed by atoms with Gasteiger partial charge in [-0.25, -0.2) is 0 Å². The third-order valence-corrected chi connectivity index (χ3v) is 2.60. The van der Waals surface area contributed by atoms with Gasteiger partial charge in [0.05, 0.1) is 0 Å². The Morgan fingerprint density at radius 1 is 1.50 bits per heavy atom. The van der Waals surface area contributed by atoms with E-state index in [0.29, 0.717) is 19.5 Å². The summed E-state index contributed by atoms with van der Waals surface area (Å²) in [7, 11) is 3.85. The first-order valence-electron chi connectivity index (χ1n) is 5.43. The molecule has 1 aliphatic heterocycles. The number of primary amides is 1. The summed E-state index contributed by atoms with van der Waals surface area (Å²) in [4.78, 5) is 26.4. The van der Waals surface area contributed by atoms with Crippen molar-refractivity contribution in [3.8, 4) is 0 Å². The number of likely N-dealkylation sites (tertiary alicyclic amines) is 1. The first-order valence-corrected chi connectivity index (χ1v) is 5.43. The van der Waals surface area contributed by atoms with Crippen LogP contribution >= 0.6 is 0 Å². The first kappa shape index (κ1) is 12.7. The Labute approximate surface area is 95.9 Å². The first-order chi connectivity index (χ1) is 7.52. The molecular weight excluding hydrogens is 206 g/mol. The molecule has 1 saturated heterocycles. The summed E-state index contributed by atoms with van der Waals surface area (Å²) in [6.07, 6.45) is 4.84. The molecule has 0 aromatic carbocycles. The van der Waals surface area contributed by atoms with E-state index >= 15 is 0 Å². The van der Waals surface area contributed by atoms with Gasteiger partial charge in [-0.05, 0) is 26.9 Å². The van der Waals surface area contributed by atoms with E-state index in [0.717, 1.165) is 6.42 Å². The summed E-state index contributed by atoms with van der Waals surface area (Å²) >= 11 is 0. The highest BCUT2D eigenvalue weighted by molar-refractivity contribution is 5.92. The lowest BCUT2D eigenvalue weighted by atomic mass is 10.2. The van der Waals surface area contributed by atoms with Crippen LogP contribution in [0.25, 0.3) is 0 Å². The van der Waals surface area contributed by atoms with Gasteiger partial charge in [0.25, 0.3) is 0 Å². The van der Waals surface area contributed by atoms with E-state index in [1.165, 1.54) is 6.08 Å². The number of nitrogens with zero attached hydrogens (tertiary/aromatic N) is 2. The number of carbonyl (C=O) groups is 2. The quantitative estimate of drug-likeness (QED) is 0.661. The van der Waals surface area contributed by atoms with Gasteiger partial charge < -0.3 is 15.5 Å². The van der Waals surface area contributed by atoms with Crippen molar-refractivity contribution >= 4 is 11.8 Å². The van der Waals surface area contributed by atoms with Crippen LogP contribution in [0.15, 0.2) is 12.2 Å². The van der Waals surface area contributed by atoms with Crippen LogP contribution < -0.4 is 5.73 Å². The van der Waals surface area contributed by atoms with E-state index in [9.17, 15) is 9.59 Å². The van der Waals surface area contributed by atoms with E-state index in [2.05, 4.69) is 0 Å². The lowest BCUT2D eigenvalue weighted by molar-refractivity contribution is -0.133. The predicted octanol–water partition coefficient (Wildman–Crippen LogP) is -0.419. The lowest BCUT2D eigenvalue weighted by Crippen LogP contribution is -2.43. The molecule has 0 saturated carbocycles. The largest absolute Gasteiger partial charge is 0.368 e. The minimum absolute atomic E-state index is 0.122. The molecule has 90 valence electrons. The number of hydrogen-bond acceptors (Lipinski definition) is 3. The zero-order chi connectivity index (χ0) is 12.1. The second kappa shape index (κ2) is 5.65. The fourth-order valence-electron chi connectivity index (χ4n) is 1.79. The van der Waals surface area contributed by atoms with Crippen molar-refractivity contribution in [2.75, 3.05) is 27.2 Å². The topological polar surface area (TPSA) is 66.6 Å². The molecule has 0 aromatic heterocycles. The predicted molar refractivity (Wildman–Crippen MR) is 61.6 cm³/mol. The number of rotatable bonds is 4. The smallest absolute Gasteiger partial charge is 0.246 e. The standard InChI is InChI=1S/C11H19N3O2/c1-13(2)7-4-6-10(15)14-8-3-5-9(14)11(12)16/h4,6,9H,3,5,7-8H2,1-2H3,(H2,12,16)/b6-4+. The van der Waals surface area contributed by atoms with Crippen molar-refractivity contribution in [2.24, 2.45) is 5.73 Å². The van der Waals surface area contributed by atoms with Crippen molar-refractivity contribution in [2.45, 2.75) is 18.9 Å². The Bertz CT molecular complexity index is 300. The van der Waals surface area contributed by atoms with E-state index in [1.807, 2.05) is 19.0 Å². The number of nitrogens with two attached hydrogens (primary N) is 1. The molecule has 1 unspecified atom stereocenters. The summed E-state index contributed by atoms with van der Waals surface area (Å²) in [6, 6.07) is -0.420. The minimum atomic E-state index is -0.420. The van der Waals surface area contributed by atoms with E-state index < -0.39 is 11.9 Å². The Hall–Kier alpha value is -1.36. The molecule has 1 rings (SSSR count). The SMILES string of the molecule is CN(C)C/C=C/C(=O)N1CCCC1C(N)=O. The minimum Gasteiger partial charge on any atom is -0.368 e. The summed E-state index contributed by atoms with van der Waals surface area (Å²) in [5.41, 5.74) is 5.24. The van der Waals surface area contributed by atoms with Gasteiger partial charge in [0.1, 0.15) is 6.04 Å². The van der Waals surface area contributed by atoms with E-state index in [-0.39, 0.29) is 5.91 Å². The molecule has 0 aromatic rings. The van der Waals surface area contributed by atoms with Gasteiger partial charge in [0.15, 0.2) is 0 Å². The number of carbonyl (C=O) groups excluding carboxylic acids is 2. The molecule has 0 spiro atoms. The third kappa shape index (κ3) is 3.34. The van der Waals surface area contributed by atoms with Crippen molar-refractivity contribution in [1.82, 2.24) is 9.80 Å². The van der Waals surface area contributed by atoms with Gasteiger partial charge in [0.2, 0.25) is 11.8 Å². The maximum absolute atomic E-state index is 11.8. The fourth-order valence-corrected chi connectivity index (χ4v) is 1.79. The van der Waals surface area contributed by atoms with Crippen LogP contribution in [0.3, 0.4) is 0 Å². The van der Waals surface area contributed by atoms with Crippen LogP contribution in [0, 0.1) is 0 Å². The van der Waals surface area contributed by atoms with E-state index in [4.69, 9.17) is 5.73 Å². The zero-order valence-corrected chi connectivity index (χ0v) is 9.85. The van der Waals surface area contributed by atoms with Crippen molar-refractivity contribution in [1.29, 1.82) is 0 Å². The van der Waals surface area contributed by atoms with Gasteiger partial charge in [-0.15, -0.1) is 0 Å². The highest BCUT2D eigenvalue weighted by Crippen LogP contribution is 2.16. The van der Waals surface area contributed by atoms with Crippen LogP contribution in [0.4, 0.5) is 0 Å². The summed E-state index contributed by atoms with van der Waals surface area (Å²) in [5, 5.41) is 0. The zero-order valence-electron chi connectivity index (χ0n) is 9.85. The molecule has 5 heteroatoms. The summed E-state index contributed by atoms with van der Waals surface area (Å²) in [6.45, 7) is 1.33. The molecule has 1 heterocycles. The number of likely N-dealkylation sites (N-methyl/N-ethyl adjacent to an activating group) is 1. The van der Waals surface area contributed by atoms with Crippen LogP contribution in [0.1, 0.15) is 12.8 Å². The maximum atomic E-state index is 11.8. The van der Waals surface area contributed by atoms with E-state index in [1.54, 1.807) is 11.0 Å². The number of amides is 2. The van der Waals surface area contributed by atoms with Gasteiger partial charge >= 0.3 is 0 Å². The Morgan fingerprint density at radius 3 is 2.75 bits per heavy atom. The van der Waals surface area contributed by atoms with Crippen molar-refractivity contribution in [3.05, 3.63) is 12.2 Å². The average molecular weight is 225 g/mol. The van der Waals surface area contributed by atoms with Gasteiger partial charge in [-0.3, -0.25) is 9.59 Å². The molecule has 0 bridgehead atoms. The van der Waals surface area contributed by atoms with Gasteiger partial charge in [-0.2, -0.15) is 0 Å². The molecule has 0 radical (unpaired) electrons. The molecule has 2 N–H and O–H groups in total. The van der Waals surface area contributed by atoms with Crippen LogP contribution in [-0.2, 0) is 9.59 Å². The Morgan fingerprint density at radius 2 is 2.19 bits per heavy atom. The highest BCUT2D eigenvalue weighted by atomic mass is 16.2. The molecule has 1 atom stereocenters. The molecule has 1 aliphatic rings. The average Bonchev–Trinajstić information content (AvgIpc) is 2.65. The van der Waals surface area contributed by atoms with Crippen LogP contribution in [-0.4, -0.2) is 54.8 Å².